The van der Waals surface area contributed by atoms with Crippen LogP contribution in [0.25, 0.3) is 0 Å². The van der Waals surface area contributed by atoms with Crippen LogP contribution in [0.2, 0.25) is 0 Å². The Bertz CT molecular complexity index is 831. The van der Waals surface area contributed by atoms with Gasteiger partial charge in [0.15, 0.2) is 9.84 Å². The fourth-order valence-corrected chi connectivity index (χ4v) is 2.80. The molecule has 2 aromatic carbocycles. The van der Waals surface area contributed by atoms with E-state index in [1.54, 1.807) is 0 Å². The van der Waals surface area contributed by atoms with Crippen molar-refractivity contribution in [3.63, 3.8) is 0 Å². The minimum atomic E-state index is -3.26. The Kier molecular flexibility index (Phi) is 6.30. The molecule has 0 aliphatic rings. The van der Waals surface area contributed by atoms with Crippen LogP contribution in [0.5, 0.6) is 0 Å². The first-order valence-corrected chi connectivity index (χ1v) is 9.64. The fourth-order valence-electron chi connectivity index (χ4n) is 2.17. The van der Waals surface area contributed by atoms with E-state index in [1.165, 1.54) is 24.3 Å². The molecule has 0 aromatic heterocycles. The Morgan fingerprint density at radius 3 is 2.16 bits per heavy atom. The maximum atomic E-state index is 11.9. The highest BCUT2D eigenvalue weighted by molar-refractivity contribution is 7.90. The highest BCUT2D eigenvalue weighted by Crippen LogP contribution is 2.13. The number of anilines is 1. The molecule has 0 spiro atoms. The molecule has 0 aliphatic carbocycles. The van der Waals surface area contributed by atoms with Gasteiger partial charge in [-0.15, -0.1) is 0 Å². The predicted octanol–water partition coefficient (Wildman–Crippen LogP) is 1.78. The minimum Gasteiger partial charge on any atom is -0.355 e. The van der Waals surface area contributed by atoms with Crippen LogP contribution in [0.15, 0.2) is 59.5 Å². The second-order valence-corrected chi connectivity index (χ2v) is 7.62. The molecule has 0 radical (unpaired) electrons. The van der Waals surface area contributed by atoms with Gasteiger partial charge in [0.1, 0.15) is 0 Å². The zero-order valence-corrected chi connectivity index (χ0v) is 14.7. The number of rotatable bonds is 7. The lowest BCUT2D eigenvalue weighted by Gasteiger charge is -2.07. The zero-order chi connectivity index (χ0) is 18.3. The molecule has 2 N–H and O–H groups in total. The van der Waals surface area contributed by atoms with Crippen molar-refractivity contribution in [2.45, 2.75) is 17.7 Å². The van der Waals surface area contributed by atoms with Crippen LogP contribution in [-0.2, 0) is 25.8 Å². The standard InChI is InChI=1S/C18H20N2O4S/c1-25(23,24)16-9-7-15(8-10-16)20-17(21)11-12-19-18(22)13-14-5-3-2-4-6-14/h2-10H,11-13H2,1H3,(H,19,22)(H,20,21). The number of carbonyl (C=O) groups excluding carboxylic acids is 2. The molecule has 0 unspecified atom stereocenters. The lowest BCUT2D eigenvalue weighted by atomic mass is 10.1. The normalized spacial score (nSPS) is 10.9. The summed E-state index contributed by atoms with van der Waals surface area (Å²) < 4.78 is 22.7. The summed E-state index contributed by atoms with van der Waals surface area (Å²) in [6.07, 6.45) is 1.53. The first kappa shape index (κ1) is 18.7. The summed E-state index contributed by atoms with van der Waals surface area (Å²) in [5, 5.41) is 5.36. The summed E-state index contributed by atoms with van der Waals surface area (Å²) in [6, 6.07) is 15.3. The number of benzene rings is 2. The fraction of sp³-hybridized carbons (Fsp3) is 0.222. The van der Waals surface area contributed by atoms with Gasteiger partial charge in [0.05, 0.1) is 11.3 Å². The number of carbonyl (C=O) groups is 2. The molecule has 0 saturated carbocycles. The molecule has 2 rings (SSSR count). The molecule has 0 heterocycles. The lowest BCUT2D eigenvalue weighted by Crippen LogP contribution is -2.28. The summed E-state index contributed by atoms with van der Waals surface area (Å²) in [5.74, 6) is -0.399. The van der Waals surface area contributed by atoms with Crippen molar-refractivity contribution in [2.75, 3.05) is 18.1 Å². The molecule has 0 saturated heterocycles. The second-order valence-electron chi connectivity index (χ2n) is 5.61. The minimum absolute atomic E-state index is 0.133. The second kappa shape index (κ2) is 8.43. The summed E-state index contributed by atoms with van der Waals surface area (Å²) in [7, 11) is -3.26. The molecule has 0 aliphatic heterocycles. The van der Waals surface area contributed by atoms with Crippen molar-refractivity contribution in [3.8, 4) is 0 Å². The van der Waals surface area contributed by atoms with Gasteiger partial charge in [0, 0.05) is 24.9 Å². The molecule has 0 fully saturated rings. The van der Waals surface area contributed by atoms with E-state index in [-0.39, 0.29) is 36.1 Å². The third-order valence-electron chi connectivity index (χ3n) is 3.45. The van der Waals surface area contributed by atoms with E-state index in [2.05, 4.69) is 10.6 Å². The van der Waals surface area contributed by atoms with Crippen molar-refractivity contribution < 1.29 is 18.0 Å². The number of amides is 2. The van der Waals surface area contributed by atoms with Gasteiger partial charge in [-0.2, -0.15) is 0 Å². The van der Waals surface area contributed by atoms with Gasteiger partial charge >= 0.3 is 0 Å². The van der Waals surface area contributed by atoms with Gasteiger partial charge in [0.25, 0.3) is 0 Å². The molecule has 0 atom stereocenters. The molecular formula is C18H20N2O4S. The maximum absolute atomic E-state index is 11.9. The third kappa shape index (κ3) is 6.39. The summed E-state index contributed by atoms with van der Waals surface area (Å²) in [4.78, 5) is 23.8. The smallest absolute Gasteiger partial charge is 0.226 e. The van der Waals surface area contributed by atoms with Crippen LogP contribution in [0.1, 0.15) is 12.0 Å². The van der Waals surface area contributed by atoms with E-state index in [0.29, 0.717) is 5.69 Å². The van der Waals surface area contributed by atoms with Crippen LogP contribution in [0, 0.1) is 0 Å². The maximum Gasteiger partial charge on any atom is 0.226 e. The van der Waals surface area contributed by atoms with E-state index in [4.69, 9.17) is 0 Å². The molecule has 132 valence electrons. The van der Waals surface area contributed by atoms with Crippen molar-refractivity contribution in [3.05, 3.63) is 60.2 Å². The number of hydrogen-bond donors (Lipinski definition) is 2. The van der Waals surface area contributed by atoms with E-state index < -0.39 is 9.84 Å². The SMILES string of the molecule is CS(=O)(=O)c1ccc(NC(=O)CCNC(=O)Cc2ccccc2)cc1. The van der Waals surface area contributed by atoms with Crippen molar-refractivity contribution in [1.82, 2.24) is 5.32 Å². The largest absolute Gasteiger partial charge is 0.355 e. The topological polar surface area (TPSA) is 92.3 Å². The van der Waals surface area contributed by atoms with Crippen LogP contribution >= 0.6 is 0 Å². The Balaban J connectivity index is 1.74. The molecule has 7 heteroatoms. The number of nitrogens with one attached hydrogen (secondary N) is 2. The van der Waals surface area contributed by atoms with E-state index in [1.807, 2.05) is 30.3 Å². The summed E-state index contributed by atoms with van der Waals surface area (Å²) in [6.45, 7) is 0.235. The molecule has 2 aromatic rings. The van der Waals surface area contributed by atoms with Gasteiger partial charge in [-0.3, -0.25) is 9.59 Å². The highest BCUT2D eigenvalue weighted by Gasteiger charge is 2.08. The monoisotopic (exact) mass is 360 g/mol. The van der Waals surface area contributed by atoms with Gasteiger partial charge in [-0.05, 0) is 29.8 Å². The zero-order valence-electron chi connectivity index (χ0n) is 13.9. The van der Waals surface area contributed by atoms with Crippen molar-refractivity contribution >= 4 is 27.3 Å². The van der Waals surface area contributed by atoms with E-state index >= 15 is 0 Å². The highest BCUT2D eigenvalue weighted by atomic mass is 32.2. The Labute approximate surface area is 147 Å². The van der Waals surface area contributed by atoms with E-state index in [0.717, 1.165) is 11.8 Å². The predicted molar refractivity (Wildman–Crippen MR) is 96.0 cm³/mol. The number of sulfone groups is 1. The molecule has 2 amide bonds. The summed E-state index contributed by atoms with van der Waals surface area (Å²) in [5.41, 5.74) is 1.42. The lowest BCUT2D eigenvalue weighted by molar-refractivity contribution is -0.120. The molecule has 25 heavy (non-hydrogen) atoms. The Morgan fingerprint density at radius 2 is 1.56 bits per heavy atom. The first-order valence-electron chi connectivity index (χ1n) is 7.75. The Morgan fingerprint density at radius 1 is 0.920 bits per heavy atom. The van der Waals surface area contributed by atoms with Gasteiger partial charge < -0.3 is 10.6 Å². The van der Waals surface area contributed by atoms with Crippen molar-refractivity contribution in [2.24, 2.45) is 0 Å². The average Bonchev–Trinajstić information content (AvgIpc) is 2.55. The quantitative estimate of drug-likeness (QED) is 0.787. The van der Waals surface area contributed by atoms with Gasteiger partial charge in [-0.25, -0.2) is 8.42 Å². The van der Waals surface area contributed by atoms with Crippen LogP contribution in [0.4, 0.5) is 5.69 Å². The van der Waals surface area contributed by atoms with Crippen LogP contribution < -0.4 is 10.6 Å². The summed E-state index contributed by atoms with van der Waals surface area (Å²) >= 11 is 0. The molecule has 6 nitrogen and oxygen atoms in total. The van der Waals surface area contributed by atoms with Crippen LogP contribution in [0.3, 0.4) is 0 Å². The van der Waals surface area contributed by atoms with E-state index in [9.17, 15) is 18.0 Å². The average molecular weight is 360 g/mol. The molecular weight excluding hydrogens is 340 g/mol. The Hall–Kier alpha value is -2.67. The molecule has 0 bridgehead atoms. The van der Waals surface area contributed by atoms with Crippen molar-refractivity contribution in [1.29, 1.82) is 0 Å². The first-order chi connectivity index (χ1) is 11.8. The third-order valence-corrected chi connectivity index (χ3v) is 4.58. The van der Waals surface area contributed by atoms with Crippen LogP contribution in [-0.4, -0.2) is 33.0 Å². The van der Waals surface area contributed by atoms with Gasteiger partial charge in [-0.1, -0.05) is 30.3 Å². The van der Waals surface area contributed by atoms with Gasteiger partial charge in [0.2, 0.25) is 11.8 Å². The number of hydrogen-bond acceptors (Lipinski definition) is 4.